The number of benzene rings is 2. The summed E-state index contributed by atoms with van der Waals surface area (Å²) >= 11 is 0. The predicted molar refractivity (Wildman–Crippen MR) is 114 cm³/mol. The molecule has 0 spiro atoms. The quantitative estimate of drug-likeness (QED) is 0.513. The smallest absolute Gasteiger partial charge is 0.319 e. The number of pyridine rings is 1. The van der Waals surface area contributed by atoms with Gasteiger partial charge in [0.05, 0.1) is 12.0 Å². The van der Waals surface area contributed by atoms with E-state index in [4.69, 9.17) is 4.74 Å². The van der Waals surface area contributed by atoms with E-state index in [0.29, 0.717) is 18.0 Å². The Morgan fingerprint density at radius 3 is 2.17 bits per heavy atom. The zero-order chi connectivity index (χ0) is 21.4. The third kappa shape index (κ3) is 6.03. The minimum absolute atomic E-state index is 0.110. The number of carbonyl (C=O) groups is 1. The van der Waals surface area contributed by atoms with Gasteiger partial charge in [-0.1, -0.05) is 12.1 Å². The Bertz CT molecular complexity index is 1070. The predicted octanol–water partition coefficient (Wildman–Crippen LogP) is 2.89. The summed E-state index contributed by atoms with van der Waals surface area (Å²) in [6.07, 6.45) is 3.30. The Morgan fingerprint density at radius 2 is 1.53 bits per heavy atom. The Labute approximate surface area is 175 Å². The normalized spacial score (nSPS) is 11.0. The Balaban J connectivity index is 1.53. The molecule has 9 heteroatoms. The summed E-state index contributed by atoms with van der Waals surface area (Å²) in [4.78, 5) is 16.0. The van der Waals surface area contributed by atoms with Crippen molar-refractivity contribution in [3.63, 3.8) is 0 Å². The van der Waals surface area contributed by atoms with Crippen molar-refractivity contribution in [1.82, 2.24) is 15.0 Å². The maximum absolute atomic E-state index is 12.5. The molecule has 0 unspecified atom stereocenters. The summed E-state index contributed by atoms with van der Waals surface area (Å²) in [5, 5.41) is 5.39. The van der Waals surface area contributed by atoms with Crippen molar-refractivity contribution in [2.75, 3.05) is 12.4 Å². The van der Waals surface area contributed by atoms with Gasteiger partial charge in [0.15, 0.2) is 0 Å². The van der Waals surface area contributed by atoms with E-state index in [9.17, 15) is 13.2 Å². The molecule has 1 aromatic heterocycles. The molecular formula is C21H22N4O4S. The molecule has 0 aliphatic heterocycles. The van der Waals surface area contributed by atoms with Gasteiger partial charge in [0.25, 0.3) is 0 Å². The lowest BCUT2D eigenvalue weighted by molar-refractivity contribution is 0.251. The van der Waals surface area contributed by atoms with Crippen molar-refractivity contribution < 1.29 is 17.9 Å². The van der Waals surface area contributed by atoms with Crippen molar-refractivity contribution in [3.05, 3.63) is 84.2 Å². The van der Waals surface area contributed by atoms with Gasteiger partial charge >= 0.3 is 6.03 Å². The van der Waals surface area contributed by atoms with E-state index < -0.39 is 10.0 Å². The fraction of sp³-hybridized carbons (Fsp3) is 0.143. The molecule has 2 aromatic carbocycles. The van der Waals surface area contributed by atoms with Crippen LogP contribution in [0.3, 0.4) is 0 Å². The molecule has 0 fully saturated rings. The molecule has 3 rings (SSSR count). The summed E-state index contributed by atoms with van der Waals surface area (Å²) in [6, 6.07) is 16.3. The van der Waals surface area contributed by atoms with E-state index in [1.54, 1.807) is 55.9 Å². The van der Waals surface area contributed by atoms with E-state index in [2.05, 4.69) is 20.3 Å². The molecule has 0 saturated heterocycles. The molecule has 1 heterocycles. The van der Waals surface area contributed by atoms with Crippen LogP contribution in [0.2, 0.25) is 0 Å². The molecule has 0 radical (unpaired) electrons. The first-order chi connectivity index (χ1) is 14.5. The van der Waals surface area contributed by atoms with Gasteiger partial charge in [-0.25, -0.2) is 17.9 Å². The number of hydrogen-bond donors (Lipinski definition) is 3. The number of carbonyl (C=O) groups excluding carboxylic acids is 1. The number of urea groups is 1. The van der Waals surface area contributed by atoms with Crippen LogP contribution < -0.4 is 20.1 Å². The van der Waals surface area contributed by atoms with Crippen molar-refractivity contribution in [2.24, 2.45) is 0 Å². The van der Waals surface area contributed by atoms with E-state index >= 15 is 0 Å². The summed E-state index contributed by atoms with van der Waals surface area (Å²) in [5.41, 5.74) is 2.21. The topological polar surface area (TPSA) is 109 Å². The summed E-state index contributed by atoms with van der Waals surface area (Å²) in [7, 11) is -2.11. The van der Waals surface area contributed by atoms with Gasteiger partial charge in [0.2, 0.25) is 10.0 Å². The fourth-order valence-electron chi connectivity index (χ4n) is 2.58. The molecule has 8 nitrogen and oxygen atoms in total. The van der Waals surface area contributed by atoms with Gasteiger partial charge in [0, 0.05) is 31.2 Å². The molecule has 0 bridgehead atoms. The number of aromatic nitrogens is 1. The van der Waals surface area contributed by atoms with Crippen LogP contribution in [0.1, 0.15) is 11.1 Å². The van der Waals surface area contributed by atoms with Crippen molar-refractivity contribution in [3.8, 4) is 5.75 Å². The number of sulfonamides is 1. The lowest BCUT2D eigenvalue weighted by Gasteiger charge is -2.10. The van der Waals surface area contributed by atoms with E-state index in [-0.39, 0.29) is 17.5 Å². The van der Waals surface area contributed by atoms with Gasteiger partial charge in [-0.15, -0.1) is 0 Å². The zero-order valence-electron chi connectivity index (χ0n) is 16.3. The van der Waals surface area contributed by atoms with Crippen LogP contribution in [0.4, 0.5) is 10.5 Å². The van der Waals surface area contributed by atoms with Crippen LogP contribution in [0.5, 0.6) is 5.75 Å². The first kappa shape index (κ1) is 21.3. The van der Waals surface area contributed by atoms with Crippen molar-refractivity contribution in [2.45, 2.75) is 18.0 Å². The van der Waals surface area contributed by atoms with Crippen molar-refractivity contribution >= 4 is 21.7 Å². The number of ether oxygens (including phenoxy) is 1. The third-order valence-electron chi connectivity index (χ3n) is 4.25. The molecule has 0 aliphatic rings. The van der Waals surface area contributed by atoms with Crippen molar-refractivity contribution in [1.29, 1.82) is 0 Å². The Kier molecular flexibility index (Phi) is 6.99. The fourth-order valence-corrected chi connectivity index (χ4v) is 3.60. The van der Waals surface area contributed by atoms with Crippen LogP contribution in [0.25, 0.3) is 0 Å². The second kappa shape index (κ2) is 9.86. The molecule has 0 aliphatic carbocycles. The number of nitrogens with one attached hydrogen (secondary N) is 3. The van der Waals surface area contributed by atoms with E-state index in [1.807, 2.05) is 0 Å². The first-order valence-corrected chi connectivity index (χ1v) is 10.6. The summed E-state index contributed by atoms with van der Waals surface area (Å²) < 4.78 is 32.6. The third-order valence-corrected chi connectivity index (χ3v) is 5.67. The van der Waals surface area contributed by atoms with Crippen LogP contribution in [-0.4, -0.2) is 26.5 Å². The number of rotatable bonds is 8. The molecule has 156 valence electrons. The van der Waals surface area contributed by atoms with Gasteiger partial charge < -0.3 is 15.4 Å². The van der Waals surface area contributed by atoms with Crippen LogP contribution in [-0.2, 0) is 23.1 Å². The largest absolute Gasteiger partial charge is 0.497 e. The number of amides is 2. The maximum atomic E-state index is 12.5. The molecule has 30 heavy (non-hydrogen) atoms. The monoisotopic (exact) mass is 426 g/mol. The van der Waals surface area contributed by atoms with E-state index in [0.717, 1.165) is 11.1 Å². The average Bonchev–Trinajstić information content (AvgIpc) is 2.78. The van der Waals surface area contributed by atoms with Gasteiger partial charge in [0.1, 0.15) is 5.75 Å². The summed E-state index contributed by atoms with van der Waals surface area (Å²) in [5.74, 6) is 0.703. The SMILES string of the molecule is COc1ccc(CNS(=O)(=O)c2ccc(NC(=O)NCc3ccncc3)cc2)cc1. The second-order valence-electron chi connectivity index (χ2n) is 6.36. The maximum Gasteiger partial charge on any atom is 0.319 e. The van der Waals surface area contributed by atoms with Crippen LogP contribution in [0, 0.1) is 0 Å². The van der Waals surface area contributed by atoms with Crippen LogP contribution in [0.15, 0.2) is 78.0 Å². The van der Waals surface area contributed by atoms with Gasteiger partial charge in [-0.3, -0.25) is 4.98 Å². The standard InChI is InChI=1S/C21H22N4O4S/c1-29-19-6-2-16(3-7-19)15-24-30(27,28)20-8-4-18(5-9-20)25-21(26)23-14-17-10-12-22-13-11-17/h2-13,24H,14-15H2,1H3,(H2,23,25,26). The highest BCUT2D eigenvalue weighted by molar-refractivity contribution is 7.89. The number of anilines is 1. The highest BCUT2D eigenvalue weighted by Crippen LogP contribution is 2.15. The van der Waals surface area contributed by atoms with E-state index in [1.165, 1.54) is 24.3 Å². The highest BCUT2D eigenvalue weighted by Gasteiger charge is 2.14. The number of methoxy groups -OCH3 is 1. The first-order valence-electron chi connectivity index (χ1n) is 9.13. The minimum Gasteiger partial charge on any atom is -0.497 e. The lowest BCUT2D eigenvalue weighted by Crippen LogP contribution is -2.28. The molecule has 3 N–H and O–H groups in total. The second-order valence-corrected chi connectivity index (χ2v) is 8.13. The van der Waals surface area contributed by atoms with Gasteiger partial charge in [-0.2, -0.15) is 0 Å². The number of nitrogens with zero attached hydrogens (tertiary/aromatic N) is 1. The average molecular weight is 426 g/mol. The molecule has 0 saturated carbocycles. The lowest BCUT2D eigenvalue weighted by atomic mass is 10.2. The molecule has 2 amide bonds. The molecule has 3 aromatic rings. The highest BCUT2D eigenvalue weighted by atomic mass is 32.2. The minimum atomic E-state index is -3.68. The zero-order valence-corrected chi connectivity index (χ0v) is 17.1. The Morgan fingerprint density at radius 1 is 0.900 bits per heavy atom. The number of hydrogen-bond acceptors (Lipinski definition) is 5. The van der Waals surface area contributed by atoms with Crippen LogP contribution >= 0.6 is 0 Å². The Hall–Kier alpha value is -3.43. The van der Waals surface area contributed by atoms with Gasteiger partial charge in [-0.05, 0) is 59.7 Å². The molecular weight excluding hydrogens is 404 g/mol. The summed E-state index contributed by atoms with van der Waals surface area (Å²) in [6.45, 7) is 0.514. The molecule has 0 atom stereocenters.